The van der Waals surface area contributed by atoms with Gasteiger partial charge in [-0.25, -0.2) is 8.78 Å². The first kappa shape index (κ1) is 18.4. The maximum atomic E-state index is 13.2. The van der Waals surface area contributed by atoms with Crippen LogP contribution in [0.3, 0.4) is 0 Å². The maximum absolute atomic E-state index is 13.2. The maximum Gasteiger partial charge on any atom is 0.262 e. The van der Waals surface area contributed by atoms with E-state index in [9.17, 15) is 18.4 Å². The van der Waals surface area contributed by atoms with E-state index in [-0.39, 0.29) is 30.3 Å². The van der Waals surface area contributed by atoms with Crippen molar-refractivity contribution >= 4 is 24.2 Å². The van der Waals surface area contributed by atoms with Crippen LogP contribution in [-0.4, -0.2) is 65.8 Å². The summed E-state index contributed by atoms with van der Waals surface area (Å²) in [5.41, 5.74) is 0. The van der Waals surface area contributed by atoms with E-state index in [0.29, 0.717) is 19.5 Å². The number of rotatable bonds is 2. The summed E-state index contributed by atoms with van der Waals surface area (Å²) >= 11 is 0. The second-order valence-corrected chi connectivity index (χ2v) is 6.59. The molecule has 23 heavy (non-hydrogen) atoms. The molecule has 2 amide bonds. The monoisotopic (exact) mass is 351 g/mol. The van der Waals surface area contributed by atoms with Crippen LogP contribution in [0.1, 0.15) is 38.5 Å². The summed E-state index contributed by atoms with van der Waals surface area (Å²) in [6.07, 6.45) is 3.73. The molecule has 132 valence electrons. The van der Waals surface area contributed by atoms with Crippen LogP contribution in [0, 0.1) is 0 Å². The summed E-state index contributed by atoms with van der Waals surface area (Å²) in [5, 5.41) is 2.62. The Morgan fingerprint density at radius 1 is 1.17 bits per heavy atom. The van der Waals surface area contributed by atoms with Gasteiger partial charge in [-0.1, -0.05) is 0 Å². The molecule has 1 atom stereocenters. The van der Waals surface area contributed by atoms with Crippen LogP contribution in [0.2, 0.25) is 0 Å². The van der Waals surface area contributed by atoms with E-state index in [1.807, 2.05) is 4.90 Å². The predicted molar refractivity (Wildman–Crippen MR) is 83.8 cm³/mol. The summed E-state index contributed by atoms with van der Waals surface area (Å²) in [7, 11) is 0. The minimum absolute atomic E-state index is 0. The number of likely N-dealkylation sites (tertiary alicyclic amines) is 2. The number of halogens is 3. The predicted octanol–water partition coefficient (Wildman–Crippen LogP) is 1.41. The Morgan fingerprint density at radius 2 is 1.87 bits per heavy atom. The SMILES string of the molecule is Cl.O=C(C1CC(F)(F)CN1)N1CCC(N2CCCCC2=O)CC1. The van der Waals surface area contributed by atoms with Gasteiger partial charge in [0.25, 0.3) is 5.92 Å². The number of piperidine rings is 2. The van der Waals surface area contributed by atoms with Gasteiger partial charge in [-0.15, -0.1) is 12.4 Å². The standard InChI is InChI=1S/C15H23F2N3O2.ClH/c16-15(17)9-12(18-10-15)14(22)19-7-4-11(5-8-19)20-6-2-1-3-13(20)21;/h11-12,18H,1-10H2;1H. The molecule has 5 nitrogen and oxygen atoms in total. The van der Waals surface area contributed by atoms with E-state index in [2.05, 4.69) is 5.32 Å². The van der Waals surface area contributed by atoms with E-state index in [4.69, 9.17) is 0 Å². The Bertz CT molecular complexity index is 456. The molecule has 3 heterocycles. The number of hydrogen-bond acceptors (Lipinski definition) is 3. The zero-order valence-corrected chi connectivity index (χ0v) is 13.9. The first-order chi connectivity index (χ1) is 10.5. The molecule has 0 saturated carbocycles. The van der Waals surface area contributed by atoms with Crippen LogP contribution < -0.4 is 5.32 Å². The van der Waals surface area contributed by atoms with Crippen molar-refractivity contribution in [1.82, 2.24) is 15.1 Å². The Labute approximate surface area is 141 Å². The topological polar surface area (TPSA) is 52.7 Å². The summed E-state index contributed by atoms with van der Waals surface area (Å²) < 4.78 is 26.4. The van der Waals surface area contributed by atoms with E-state index in [1.165, 1.54) is 0 Å². The van der Waals surface area contributed by atoms with Gasteiger partial charge in [0.2, 0.25) is 11.8 Å². The average molecular weight is 352 g/mol. The van der Waals surface area contributed by atoms with Gasteiger partial charge in [-0.2, -0.15) is 0 Å². The molecule has 3 saturated heterocycles. The Balaban J connectivity index is 0.00000192. The lowest BCUT2D eigenvalue weighted by atomic mass is 9.99. The molecule has 0 spiro atoms. The van der Waals surface area contributed by atoms with Crippen LogP contribution in [0.4, 0.5) is 8.78 Å². The summed E-state index contributed by atoms with van der Waals surface area (Å²) in [5.74, 6) is -2.78. The van der Waals surface area contributed by atoms with E-state index in [1.54, 1.807) is 4.90 Å². The number of amides is 2. The zero-order chi connectivity index (χ0) is 15.7. The van der Waals surface area contributed by atoms with Crippen LogP contribution in [0.25, 0.3) is 0 Å². The molecule has 1 unspecified atom stereocenters. The van der Waals surface area contributed by atoms with Gasteiger partial charge in [0, 0.05) is 38.5 Å². The highest BCUT2D eigenvalue weighted by atomic mass is 35.5. The van der Waals surface area contributed by atoms with Crippen molar-refractivity contribution in [1.29, 1.82) is 0 Å². The molecule has 0 bridgehead atoms. The highest BCUT2D eigenvalue weighted by Gasteiger charge is 2.44. The van der Waals surface area contributed by atoms with Gasteiger partial charge >= 0.3 is 0 Å². The number of hydrogen-bond donors (Lipinski definition) is 1. The van der Waals surface area contributed by atoms with Crippen molar-refractivity contribution in [2.45, 2.75) is 56.5 Å². The molecule has 3 aliphatic rings. The molecule has 0 aromatic heterocycles. The summed E-state index contributed by atoms with van der Waals surface area (Å²) in [6, 6.07) is -0.557. The summed E-state index contributed by atoms with van der Waals surface area (Å²) in [6.45, 7) is 1.50. The molecule has 3 fully saturated rings. The number of nitrogens with one attached hydrogen (secondary N) is 1. The lowest BCUT2D eigenvalue weighted by molar-refractivity contribution is -0.139. The first-order valence-electron chi connectivity index (χ1n) is 8.16. The second-order valence-electron chi connectivity index (χ2n) is 6.59. The highest BCUT2D eigenvalue weighted by Crippen LogP contribution is 2.27. The van der Waals surface area contributed by atoms with Crippen LogP contribution in [0.15, 0.2) is 0 Å². The fourth-order valence-corrected chi connectivity index (χ4v) is 3.72. The van der Waals surface area contributed by atoms with Gasteiger partial charge < -0.3 is 9.80 Å². The third kappa shape index (κ3) is 4.12. The largest absolute Gasteiger partial charge is 0.341 e. The van der Waals surface area contributed by atoms with Crippen molar-refractivity contribution in [2.75, 3.05) is 26.2 Å². The van der Waals surface area contributed by atoms with Crippen molar-refractivity contribution in [2.24, 2.45) is 0 Å². The third-order valence-electron chi connectivity index (χ3n) is 4.98. The van der Waals surface area contributed by atoms with Gasteiger partial charge in [0.1, 0.15) is 0 Å². The molecule has 1 N–H and O–H groups in total. The first-order valence-corrected chi connectivity index (χ1v) is 8.16. The molecule has 0 aliphatic carbocycles. The molecule has 3 aliphatic heterocycles. The van der Waals surface area contributed by atoms with E-state index < -0.39 is 24.9 Å². The minimum atomic E-state index is -2.78. The van der Waals surface area contributed by atoms with E-state index in [0.717, 1.165) is 32.2 Å². The Hall–Kier alpha value is -0.950. The molecule has 8 heteroatoms. The van der Waals surface area contributed by atoms with Crippen molar-refractivity contribution in [3.05, 3.63) is 0 Å². The smallest absolute Gasteiger partial charge is 0.262 e. The highest BCUT2D eigenvalue weighted by molar-refractivity contribution is 5.85. The molecule has 0 aromatic rings. The number of carbonyl (C=O) groups is 2. The number of nitrogens with zero attached hydrogens (tertiary/aromatic N) is 2. The summed E-state index contributed by atoms with van der Waals surface area (Å²) in [4.78, 5) is 27.8. The van der Waals surface area contributed by atoms with Gasteiger partial charge in [-0.05, 0) is 25.7 Å². The molecular weight excluding hydrogens is 328 g/mol. The van der Waals surface area contributed by atoms with Gasteiger partial charge in [-0.3, -0.25) is 14.9 Å². The third-order valence-corrected chi connectivity index (χ3v) is 4.98. The van der Waals surface area contributed by atoms with Crippen LogP contribution in [0.5, 0.6) is 0 Å². The van der Waals surface area contributed by atoms with Crippen molar-refractivity contribution < 1.29 is 18.4 Å². The van der Waals surface area contributed by atoms with Crippen molar-refractivity contribution in [3.8, 4) is 0 Å². The van der Waals surface area contributed by atoms with E-state index >= 15 is 0 Å². The van der Waals surface area contributed by atoms with Crippen LogP contribution in [-0.2, 0) is 9.59 Å². The van der Waals surface area contributed by atoms with Crippen LogP contribution >= 0.6 is 12.4 Å². The number of alkyl halides is 2. The van der Waals surface area contributed by atoms with Gasteiger partial charge in [0.05, 0.1) is 12.6 Å². The fraction of sp³-hybridized carbons (Fsp3) is 0.867. The average Bonchev–Trinajstić information content (AvgIpc) is 2.87. The Kier molecular flexibility index (Phi) is 5.84. The quantitative estimate of drug-likeness (QED) is 0.818. The molecule has 0 aromatic carbocycles. The second kappa shape index (κ2) is 7.30. The molecular formula is C15H24ClF2N3O2. The molecule has 3 rings (SSSR count). The zero-order valence-electron chi connectivity index (χ0n) is 13.1. The van der Waals surface area contributed by atoms with Crippen molar-refractivity contribution in [3.63, 3.8) is 0 Å². The molecule has 0 radical (unpaired) electrons. The Morgan fingerprint density at radius 3 is 2.43 bits per heavy atom. The lowest BCUT2D eigenvalue weighted by Crippen LogP contribution is -2.52. The fourth-order valence-electron chi connectivity index (χ4n) is 3.72. The lowest BCUT2D eigenvalue weighted by Gasteiger charge is -2.40. The minimum Gasteiger partial charge on any atom is -0.341 e. The van der Waals surface area contributed by atoms with Gasteiger partial charge in [0.15, 0.2) is 0 Å². The number of carbonyl (C=O) groups excluding carboxylic acids is 2. The normalized spacial score (nSPS) is 28.6.